The average Bonchev–Trinajstić information content (AvgIpc) is 2.66. The van der Waals surface area contributed by atoms with E-state index in [1.807, 2.05) is 30.3 Å². The molecule has 154 valence electrons. The molecule has 0 saturated heterocycles. The largest absolute Gasteiger partial charge is 0.480 e. The fourth-order valence-corrected chi connectivity index (χ4v) is 2.84. The lowest BCUT2D eigenvalue weighted by molar-refractivity contribution is -0.146. The Morgan fingerprint density at radius 1 is 1.07 bits per heavy atom. The molecule has 0 bridgehead atoms. The molecule has 0 aliphatic carbocycles. The number of rotatable bonds is 9. The number of carboxylic acid groups (broad SMARTS) is 1. The van der Waals surface area contributed by atoms with Crippen LogP contribution in [0.25, 0.3) is 0 Å². The summed E-state index contributed by atoms with van der Waals surface area (Å²) in [5.41, 5.74) is 5.90. The molecule has 2 rings (SSSR count). The summed E-state index contributed by atoms with van der Waals surface area (Å²) >= 11 is 0. The van der Waals surface area contributed by atoms with E-state index in [9.17, 15) is 14.4 Å². The van der Waals surface area contributed by atoms with Crippen LogP contribution in [0.5, 0.6) is 11.5 Å². The Morgan fingerprint density at radius 2 is 1.72 bits per heavy atom. The lowest BCUT2D eigenvalue weighted by Gasteiger charge is -2.27. The van der Waals surface area contributed by atoms with Crippen molar-refractivity contribution in [3.63, 3.8) is 0 Å². The van der Waals surface area contributed by atoms with Gasteiger partial charge in [0.1, 0.15) is 18.0 Å². The normalized spacial score (nSPS) is 11.6. The van der Waals surface area contributed by atoms with E-state index >= 15 is 0 Å². The number of amides is 3. The van der Waals surface area contributed by atoms with Gasteiger partial charge < -0.3 is 25.8 Å². The number of para-hydroxylation sites is 1. The molecule has 2 aromatic carbocycles. The van der Waals surface area contributed by atoms with E-state index in [2.05, 4.69) is 5.32 Å². The number of hydrogen-bond donors (Lipinski definition) is 3. The highest BCUT2D eigenvalue weighted by Gasteiger charge is 2.25. The van der Waals surface area contributed by atoms with Crippen molar-refractivity contribution >= 4 is 17.9 Å². The van der Waals surface area contributed by atoms with Gasteiger partial charge in [0.2, 0.25) is 5.91 Å². The van der Waals surface area contributed by atoms with Gasteiger partial charge in [-0.05, 0) is 43.7 Å². The molecule has 0 heterocycles. The number of urea groups is 1. The van der Waals surface area contributed by atoms with Gasteiger partial charge in [-0.1, -0.05) is 30.3 Å². The third-order valence-electron chi connectivity index (χ3n) is 4.18. The first kappa shape index (κ1) is 21.7. The summed E-state index contributed by atoms with van der Waals surface area (Å²) < 4.78 is 5.80. The van der Waals surface area contributed by atoms with Crippen LogP contribution in [-0.4, -0.2) is 40.5 Å². The SMILES string of the molecule is CC(C)N(CC(=O)O)C(=O)CC(NC(N)=O)c1cccc(Oc2ccccc2)c1. The third kappa shape index (κ3) is 6.84. The van der Waals surface area contributed by atoms with E-state index in [1.54, 1.807) is 38.1 Å². The van der Waals surface area contributed by atoms with Crippen LogP contribution in [0.4, 0.5) is 4.79 Å². The highest BCUT2D eigenvalue weighted by Crippen LogP contribution is 2.26. The minimum absolute atomic E-state index is 0.136. The quantitative estimate of drug-likeness (QED) is 0.598. The Bertz CT molecular complexity index is 854. The lowest BCUT2D eigenvalue weighted by atomic mass is 10.0. The van der Waals surface area contributed by atoms with Gasteiger partial charge in [0.15, 0.2) is 0 Å². The van der Waals surface area contributed by atoms with Gasteiger partial charge in [0.25, 0.3) is 0 Å². The molecule has 3 amide bonds. The lowest BCUT2D eigenvalue weighted by Crippen LogP contribution is -2.43. The molecule has 0 spiro atoms. The number of carbonyl (C=O) groups is 3. The Balaban J connectivity index is 2.23. The van der Waals surface area contributed by atoms with E-state index in [1.165, 1.54) is 4.90 Å². The second kappa shape index (κ2) is 10.1. The van der Waals surface area contributed by atoms with Crippen LogP contribution >= 0.6 is 0 Å². The van der Waals surface area contributed by atoms with Crippen molar-refractivity contribution in [2.24, 2.45) is 5.73 Å². The molecule has 1 atom stereocenters. The summed E-state index contributed by atoms with van der Waals surface area (Å²) in [6.07, 6.45) is -0.136. The first-order valence-corrected chi connectivity index (χ1v) is 9.16. The van der Waals surface area contributed by atoms with Crippen LogP contribution in [0.15, 0.2) is 54.6 Å². The maximum Gasteiger partial charge on any atom is 0.323 e. The molecule has 0 radical (unpaired) electrons. The number of carbonyl (C=O) groups excluding carboxylic acids is 2. The molecule has 8 nitrogen and oxygen atoms in total. The van der Waals surface area contributed by atoms with E-state index in [0.717, 1.165) is 0 Å². The van der Waals surface area contributed by atoms with E-state index in [-0.39, 0.29) is 12.5 Å². The van der Waals surface area contributed by atoms with Gasteiger partial charge in [0.05, 0.1) is 12.5 Å². The van der Waals surface area contributed by atoms with Gasteiger partial charge in [-0.15, -0.1) is 0 Å². The second-order valence-electron chi connectivity index (χ2n) is 6.76. The Morgan fingerprint density at radius 3 is 2.31 bits per heavy atom. The monoisotopic (exact) mass is 399 g/mol. The fourth-order valence-electron chi connectivity index (χ4n) is 2.84. The average molecular weight is 399 g/mol. The first-order valence-electron chi connectivity index (χ1n) is 9.16. The van der Waals surface area contributed by atoms with E-state index < -0.39 is 30.5 Å². The van der Waals surface area contributed by atoms with Crippen molar-refractivity contribution in [3.8, 4) is 11.5 Å². The Kier molecular flexibility index (Phi) is 7.59. The number of nitrogens with two attached hydrogens (primary N) is 1. The molecule has 0 aliphatic heterocycles. The summed E-state index contributed by atoms with van der Waals surface area (Å²) in [5, 5.41) is 11.6. The van der Waals surface area contributed by atoms with Crippen molar-refractivity contribution in [2.45, 2.75) is 32.4 Å². The van der Waals surface area contributed by atoms with Crippen LogP contribution in [0.2, 0.25) is 0 Å². The first-order chi connectivity index (χ1) is 13.8. The number of primary amides is 1. The third-order valence-corrected chi connectivity index (χ3v) is 4.18. The summed E-state index contributed by atoms with van der Waals surface area (Å²) in [6, 6.07) is 14.3. The number of nitrogens with one attached hydrogen (secondary N) is 1. The highest BCUT2D eigenvalue weighted by atomic mass is 16.5. The van der Waals surface area contributed by atoms with Crippen LogP contribution in [-0.2, 0) is 9.59 Å². The zero-order valence-corrected chi connectivity index (χ0v) is 16.4. The molecule has 29 heavy (non-hydrogen) atoms. The van der Waals surface area contributed by atoms with Gasteiger partial charge in [-0.3, -0.25) is 9.59 Å². The standard InChI is InChI=1S/C21H25N3O5/c1-14(2)24(13-20(26)27)19(25)12-18(23-21(22)28)15-7-6-10-17(11-15)29-16-8-4-3-5-9-16/h3-11,14,18H,12-13H2,1-2H3,(H,26,27)(H3,22,23,28). The number of hydrogen-bond acceptors (Lipinski definition) is 4. The summed E-state index contributed by atoms with van der Waals surface area (Å²) in [7, 11) is 0. The fraction of sp³-hybridized carbons (Fsp3) is 0.286. The number of carboxylic acids is 1. The molecule has 0 aromatic heterocycles. The maximum absolute atomic E-state index is 12.7. The van der Waals surface area contributed by atoms with Crippen molar-refractivity contribution in [3.05, 3.63) is 60.2 Å². The molecular weight excluding hydrogens is 374 g/mol. The van der Waals surface area contributed by atoms with Gasteiger partial charge in [0, 0.05) is 6.04 Å². The minimum atomic E-state index is -1.11. The van der Waals surface area contributed by atoms with Gasteiger partial charge in [-0.2, -0.15) is 0 Å². The van der Waals surface area contributed by atoms with Crippen LogP contribution in [0.3, 0.4) is 0 Å². The second-order valence-corrected chi connectivity index (χ2v) is 6.76. The molecule has 8 heteroatoms. The zero-order chi connectivity index (χ0) is 21.4. The predicted octanol–water partition coefficient (Wildman–Crippen LogP) is 2.90. The predicted molar refractivity (Wildman–Crippen MR) is 108 cm³/mol. The van der Waals surface area contributed by atoms with Gasteiger partial charge in [-0.25, -0.2) is 4.79 Å². The van der Waals surface area contributed by atoms with E-state index in [0.29, 0.717) is 17.1 Å². The minimum Gasteiger partial charge on any atom is -0.480 e. The maximum atomic E-state index is 12.7. The van der Waals surface area contributed by atoms with Crippen molar-refractivity contribution in [1.82, 2.24) is 10.2 Å². The number of aliphatic carboxylic acids is 1. The number of nitrogens with zero attached hydrogens (tertiary/aromatic N) is 1. The van der Waals surface area contributed by atoms with E-state index in [4.69, 9.17) is 15.6 Å². The molecule has 2 aromatic rings. The van der Waals surface area contributed by atoms with Crippen LogP contribution < -0.4 is 15.8 Å². The molecule has 0 saturated carbocycles. The topological polar surface area (TPSA) is 122 Å². The number of benzene rings is 2. The Labute approximate surface area is 169 Å². The Hall–Kier alpha value is -3.55. The molecule has 1 unspecified atom stereocenters. The van der Waals surface area contributed by atoms with Gasteiger partial charge >= 0.3 is 12.0 Å². The summed E-state index contributed by atoms with van der Waals surface area (Å²) in [5.74, 6) is -0.337. The summed E-state index contributed by atoms with van der Waals surface area (Å²) in [4.78, 5) is 36.5. The zero-order valence-electron chi connectivity index (χ0n) is 16.4. The van der Waals surface area contributed by atoms with Crippen molar-refractivity contribution in [1.29, 1.82) is 0 Å². The van der Waals surface area contributed by atoms with Crippen molar-refractivity contribution < 1.29 is 24.2 Å². The molecular formula is C21H25N3O5. The highest BCUT2D eigenvalue weighted by molar-refractivity contribution is 5.83. The van der Waals surface area contributed by atoms with Crippen LogP contribution in [0, 0.1) is 0 Å². The molecule has 0 fully saturated rings. The molecule has 4 N–H and O–H groups in total. The summed E-state index contributed by atoms with van der Waals surface area (Å²) in [6.45, 7) is 3.04. The van der Waals surface area contributed by atoms with Crippen molar-refractivity contribution in [2.75, 3.05) is 6.54 Å². The molecule has 0 aliphatic rings. The van der Waals surface area contributed by atoms with Crippen LogP contribution in [0.1, 0.15) is 31.9 Å². The smallest absolute Gasteiger partial charge is 0.323 e. The number of ether oxygens (including phenoxy) is 1.